The van der Waals surface area contributed by atoms with Gasteiger partial charge in [-0.3, -0.25) is 14.7 Å². The molecule has 29 heavy (non-hydrogen) atoms. The zero-order valence-corrected chi connectivity index (χ0v) is 17.3. The van der Waals surface area contributed by atoms with Gasteiger partial charge in [-0.2, -0.15) is 0 Å². The van der Waals surface area contributed by atoms with Crippen LogP contribution in [0.1, 0.15) is 23.5 Å². The maximum absolute atomic E-state index is 12.9. The smallest absolute Gasteiger partial charge is 0.147 e. The van der Waals surface area contributed by atoms with E-state index in [0.717, 1.165) is 71.2 Å². The first-order valence-corrected chi connectivity index (χ1v) is 11.0. The topological polar surface area (TPSA) is 68.2 Å². The number of aromatic nitrogens is 3. The van der Waals surface area contributed by atoms with E-state index in [2.05, 4.69) is 38.3 Å². The second kappa shape index (κ2) is 7.89. The van der Waals surface area contributed by atoms with Crippen molar-refractivity contribution in [1.82, 2.24) is 20.1 Å². The zero-order valence-electron chi connectivity index (χ0n) is 16.5. The van der Waals surface area contributed by atoms with Crippen LogP contribution in [0.25, 0.3) is 21.3 Å². The summed E-state index contributed by atoms with van der Waals surface area (Å²) in [5, 5.41) is 12.4. The molecule has 2 aliphatic heterocycles. The number of pyridine rings is 1. The number of carbonyl (C=O) groups is 1. The Morgan fingerprint density at radius 3 is 2.69 bits per heavy atom. The molecule has 2 aliphatic rings. The fraction of sp³-hybridized carbons (Fsp3) is 0.455. The van der Waals surface area contributed by atoms with Crippen LogP contribution in [0.3, 0.4) is 0 Å². The number of hydrogen-bond acceptors (Lipinski definition) is 7. The van der Waals surface area contributed by atoms with E-state index < -0.39 is 0 Å². The highest BCUT2D eigenvalue weighted by Crippen LogP contribution is 2.28. The van der Waals surface area contributed by atoms with Crippen LogP contribution in [-0.4, -0.2) is 58.2 Å². The van der Waals surface area contributed by atoms with Gasteiger partial charge in [-0.25, -0.2) is 0 Å². The lowest BCUT2D eigenvalue weighted by Gasteiger charge is -2.41. The van der Waals surface area contributed by atoms with Crippen molar-refractivity contribution in [3.05, 3.63) is 41.2 Å². The number of Topliss-reactive ketones (excluding diaryl/α,β-unsaturated/α-hetero) is 1. The Balaban J connectivity index is 1.28. The van der Waals surface area contributed by atoms with Crippen LogP contribution in [0.2, 0.25) is 0 Å². The van der Waals surface area contributed by atoms with E-state index in [-0.39, 0.29) is 5.92 Å². The molecule has 2 fully saturated rings. The number of rotatable bonds is 5. The number of fused-ring (bicyclic) bond motifs is 1. The first-order chi connectivity index (χ1) is 14.2. The molecule has 2 saturated heterocycles. The lowest BCUT2D eigenvalue weighted by Crippen LogP contribution is -2.52. The SMILES string of the molecule is Cc1nnc(-c2ccc3cnc(CC(=O)C4CCN(C5COC5)CC4)cc3c2)s1. The van der Waals surface area contributed by atoms with Gasteiger partial charge in [0.2, 0.25) is 0 Å². The third kappa shape index (κ3) is 3.95. The molecule has 7 heteroatoms. The van der Waals surface area contributed by atoms with Crippen molar-refractivity contribution < 1.29 is 9.53 Å². The first-order valence-electron chi connectivity index (χ1n) is 10.2. The van der Waals surface area contributed by atoms with Gasteiger partial charge in [-0.15, -0.1) is 10.2 Å². The van der Waals surface area contributed by atoms with Gasteiger partial charge in [0.15, 0.2) is 0 Å². The highest BCUT2D eigenvalue weighted by Gasteiger charge is 2.31. The highest BCUT2D eigenvalue weighted by molar-refractivity contribution is 7.14. The number of hydrogen-bond donors (Lipinski definition) is 0. The monoisotopic (exact) mass is 408 g/mol. The second-order valence-corrected chi connectivity index (χ2v) is 9.19. The molecule has 5 rings (SSSR count). The number of carbonyl (C=O) groups excluding carboxylic acids is 1. The minimum absolute atomic E-state index is 0.153. The Labute approximate surface area is 173 Å². The van der Waals surface area contributed by atoms with Crippen molar-refractivity contribution in [2.75, 3.05) is 26.3 Å². The largest absolute Gasteiger partial charge is 0.378 e. The van der Waals surface area contributed by atoms with Crippen molar-refractivity contribution in [2.45, 2.75) is 32.2 Å². The van der Waals surface area contributed by atoms with Gasteiger partial charge >= 0.3 is 0 Å². The van der Waals surface area contributed by atoms with Crippen LogP contribution in [0, 0.1) is 12.8 Å². The molecule has 0 bridgehead atoms. The van der Waals surface area contributed by atoms with Crippen molar-refractivity contribution >= 4 is 27.9 Å². The third-order valence-corrected chi connectivity index (χ3v) is 6.92. The van der Waals surface area contributed by atoms with Gasteiger partial charge in [0.25, 0.3) is 0 Å². The number of nitrogens with zero attached hydrogens (tertiary/aromatic N) is 4. The highest BCUT2D eigenvalue weighted by atomic mass is 32.1. The lowest BCUT2D eigenvalue weighted by atomic mass is 9.89. The molecule has 4 heterocycles. The van der Waals surface area contributed by atoms with Gasteiger partial charge in [-0.1, -0.05) is 23.5 Å². The minimum Gasteiger partial charge on any atom is -0.378 e. The molecule has 0 unspecified atom stereocenters. The number of benzene rings is 1. The number of ether oxygens (including phenoxy) is 1. The minimum atomic E-state index is 0.153. The van der Waals surface area contributed by atoms with Crippen molar-refractivity contribution in [1.29, 1.82) is 0 Å². The molecule has 0 saturated carbocycles. The predicted molar refractivity (Wildman–Crippen MR) is 113 cm³/mol. The summed E-state index contributed by atoms with van der Waals surface area (Å²) in [6.45, 7) is 5.65. The Hall–Kier alpha value is -2.22. The van der Waals surface area contributed by atoms with E-state index in [1.165, 1.54) is 0 Å². The average Bonchev–Trinajstić information content (AvgIpc) is 3.13. The molecule has 6 nitrogen and oxygen atoms in total. The fourth-order valence-electron chi connectivity index (χ4n) is 4.17. The van der Waals surface area contributed by atoms with Gasteiger partial charge in [0.05, 0.1) is 19.3 Å². The predicted octanol–water partition coefficient (Wildman–Crippen LogP) is 3.28. The van der Waals surface area contributed by atoms with E-state index in [1.54, 1.807) is 11.3 Å². The molecular weight excluding hydrogens is 384 g/mol. The van der Waals surface area contributed by atoms with Crippen LogP contribution in [0.5, 0.6) is 0 Å². The number of ketones is 1. The summed E-state index contributed by atoms with van der Waals surface area (Å²) in [7, 11) is 0. The molecule has 3 aromatic rings. The molecule has 1 aromatic carbocycles. The van der Waals surface area contributed by atoms with Gasteiger partial charge in [0.1, 0.15) is 15.8 Å². The first kappa shape index (κ1) is 18.8. The van der Waals surface area contributed by atoms with E-state index >= 15 is 0 Å². The quantitative estimate of drug-likeness (QED) is 0.645. The van der Waals surface area contributed by atoms with Crippen LogP contribution in [0.15, 0.2) is 30.5 Å². The summed E-state index contributed by atoms with van der Waals surface area (Å²) < 4.78 is 5.29. The lowest BCUT2D eigenvalue weighted by molar-refractivity contribution is -0.125. The Morgan fingerprint density at radius 1 is 1.17 bits per heavy atom. The zero-order chi connectivity index (χ0) is 19.8. The summed E-state index contributed by atoms with van der Waals surface area (Å²) in [5.74, 6) is 0.470. The molecule has 0 N–H and O–H groups in total. The molecule has 0 radical (unpaired) electrons. The molecule has 0 spiro atoms. The van der Waals surface area contributed by atoms with Gasteiger partial charge < -0.3 is 4.74 Å². The van der Waals surface area contributed by atoms with E-state index in [1.807, 2.05) is 19.2 Å². The summed E-state index contributed by atoms with van der Waals surface area (Å²) in [5.41, 5.74) is 1.90. The number of likely N-dealkylation sites (tertiary alicyclic amines) is 1. The summed E-state index contributed by atoms with van der Waals surface area (Å²) in [6, 6.07) is 8.84. The van der Waals surface area contributed by atoms with Crippen LogP contribution >= 0.6 is 11.3 Å². The maximum Gasteiger partial charge on any atom is 0.147 e. The Bertz CT molecular complexity index is 1040. The summed E-state index contributed by atoms with van der Waals surface area (Å²) in [4.78, 5) is 19.9. The molecule has 150 valence electrons. The van der Waals surface area contributed by atoms with Gasteiger partial charge in [-0.05, 0) is 50.4 Å². The van der Waals surface area contributed by atoms with Crippen molar-refractivity contribution in [2.24, 2.45) is 5.92 Å². The van der Waals surface area contributed by atoms with Crippen molar-refractivity contribution in [3.8, 4) is 10.6 Å². The molecule has 0 amide bonds. The molecular formula is C22H24N4O2S. The second-order valence-electron chi connectivity index (χ2n) is 8.01. The van der Waals surface area contributed by atoms with Crippen LogP contribution < -0.4 is 0 Å². The van der Waals surface area contributed by atoms with Crippen LogP contribution in [-0.2, 0) is 16.0 Å². The Kier molecular flexibility index (Phi) is 5.11. The van der Waals surface area contributed by atoms with Crippen molar-refractivity contribution in [3.63, 3.8) is 0 Å². The average molecular weight is 409 g/mol. The van der Waals surface area contributed by atoms with E-state index in [0.29, 0.717) is 18.2 Å². The standard InChI is InChI=1S/C22H24N4O2S/c1-14-24-25-22(29-14)16-2-3-17-11-23-19(9-18(17)8-16)10-21(27)15-4-6-26(7-5-15)20-12-28-13-20/h2-3,8-9,11,15,20H,4-7,10,12-13H2,1H3. The van der Waals surface area contributed by atoms with Gasteiger partial charge in [0, 0.05) is 35.2 Å². The van der Waals surface area contributed by atoms with E-state index in [4.69, 9.17) is 4.74 Å². The Morgan fingerprint density at radius 2 is 2.00 bits per heavy atom. The number of aryl methyl sites for hydroxylation is 1. The maximum atomic E-state index is 12.9. The fourth-order valence-corrected chi connectivity index (χ4v) is 4.86. The molecule has 0 atom stereocenters. The summed E-state index contributed by atoms with van der Waals surface area (Å²) >= 11 is 1.59. The molecule has 0 aliphatic carbocycles. The number of piperidine rings is 1. The van der Waals surface area contributed by atoms with E-state index in [9.17, 15) is 4.79 Å². The third-order valence-electron chi connectivity index (χ3n) is 6.03. The molecule has 2 aromatic heterocycles. The normalized spacial score (nSPS) is 18.8. The summed E-state index contributed by atoms with van der Waals surface area (Å²) in [6.07, 6.45) is 4.18. The van der Waals surface area contributed by atoms with Crippen LogP contribution in [0.4, 0.5) is 0 Å².